The Bertz CT molecular complexity index is 814. The van der Waals surface area contributed by atoms with Crippen LogP contribution < -0.4 is 0 Å². The van der Waals surface area contributed by atoms with Gasteiger partial charge in [-0.1, -0.05) is 19.9 Å². The van der Waals surface area contributed by atoms with Gasteiger partial charge in [0.25, 0.3) is 0 Å². The minimum atomic E-state index is -0.906. The molecule has 1 saturated heterocycles. The van der Waals surface area contributed by atoms with E-state index in [-0.39, 0.29) is 24.7 Å². The fourth-order valence-corrected chi connectivity index (χ4v) is 3.72. The zero-order chi connectivity index (χ0) is 18.9. The number of aliphatic hydroxyl groups excluding tert-OH is 1. The molecule has 1 amide bonds. The van der Waals surface area contributed by atoms with E-state index >= 15 is 0 Å². The van der Waals surface area contributed by atoms with Crippen LogP contribution in [0.5, 0.6) is 0 Å². The number of likely N-dealkylation sites (tertiary alicyclic amines) is 1. The minimum absolute atomic E-state index is 0.0392. The van der Waals surface area contributed by atoms with Gasteiger partial charge in [0.05, 0.1) is 18.0 Å². The summed E-state index contributed by atoms with van der Waals surface area (Å²) < 4.78 is 1.80. The van der Waals surface area contributed by atoms with Crippen LogP contribution in [0.25, 0.3) is 5.52 Å². The molecule has 0 saturated carbocycles. The molecule has 2 aromatic heterocycles. The predicted molar refractivity (Wildman–Crippen MR) is 95.6 cm³/mol. The lowest BCUT2D eigenvalue weighted by molar-refractivity contribution is -0.140. The zero-order valence-corrected chi connectivity index (χ0v) is 15.1. The first-order valence-electron chi connectivity index (χ1n) is 8.84. The van der Waals surface area contributed by atoms with E-state index in [1.165, 1.54) is 0 Å². The standard InChI is InChI=1S/C19H25N3O4/c1-19(2,10-18(25)26)9-17(24)21-11-14(16(23)12-21)8-13-4-3-7-22-15(13)5-6-20-22/h3-7,14,16,23H,8-12H2,1-2H3,(H,25,26)/t14-,16+/m1/s1. The Morgan fingerprint density at radius 1 is 1.27 bits per heavy atom. The van der Waals surface area contributed by atoms with Crippen LogP contribution in [0.15, 0.2) is 30.6 Å². The van der Waals surface area contributed by atoms with E-state index in [4.69, 9.17) is 5.11 Å². The molecule has 2 aromatic rings. The van der Waals surface area contributed by atoms with Crippen molar-refractivity contribution in [3.05, 3.63) is 36.2 Å². The fourth-order valence-electron chi connectivity index (χ4n) is 3.72. The number of pyridine rings is 1. The van der Waals surface area contributed by atoms with Crippen LogP contribution in [0.3, 0.4) is 0 Å². The summed E-state index contributed by atoms with van der Waals surface area (Å²) in [7, 11) is 0. The number of rotatable bonds is 6. The largest absolute Gasteiger partial charge is 0.481 e. The maximum Gasteiger partial charge on any atom is 0.303 e. The average molecular weight is 359 g/mol. The molecule has 1 aliphatic rings. The van der Waals surface area contributed by atoms with Crippen molar-refractivity contribution in [2.24, 2.45) is 11.3 Å². The molecule has 0 aliphatic carbocycles. The summed E-state index contributed by atoms with van der Waals surface area (Å²) in [5.41, 5.74) is 1.50. The van der Waals surface area contributed by atoms with Crippen LogP contribution >= 0.6 is 0 Å². The molecule has 0 spiro atoms. The van der Waals surface area contributed by atoms with Gasteiger partial charge in [0, 0.05) is 37.8 Å². The number of amides is 1. The van der Waals surface area contributed by atoms with Gasteiger partial charge in [-0.2, -0.15) is 5.10 Å². The summed E-state index contributed by atoms with van der Waals surface area (Å²) in [4.78, 5) is 25.2. The van der Waals surface area contributed by atoms with Crippen molar-refractivity contribution in [3.63, 3.8) is 0 Å². The number of β-amino-alcohol motifs (C(OH)–C–C–N with tert-alkyl or cyclic N) is 1. The number of carboxylic acids is 1. The van der Waals surface area contributed by atoms with Gasteiger partial charge in [0.15, 0.2) is 0 Å². The number of aromatic nitrogens is 2. The molecule has 3 heterocycles. The Morgan fingerprint density at radius 3 is 2.77 bits per heavy atom. The third-order valence-corrected chi connectivity index (χ3v) is 5.02. The van der Waals surface area contributed by atoms with E-state index in [1.807, 2.05) is 24.4 Å². The summed E-state index contributed by atoms with van der Waals surface area (Å²) in [6.07, 6.45) is 3.82. The van der Waals surface area contributed by atoms with Gasteiger partial charge < -0.3 is 15.1 Å². The molecule has 0 bridgehead atoms. The molecule has 2 atom stereocenters. The SMILES string of the molecule is CC(C)(CC(=O)O)CC(=O)N1C[C@@H](Cc2cccn3nccc23)[C@@H](O)C1. The first-order valence-corrected chi connectivity index (χ1v) is 8.84. The van der Waals surface area contributed by atoms with Crippen LogP contribution in [0.1, 0.15) is 32.3 Å². The predicted octanol–water partition coefficient (Wildman–Crippen LogP) is 1.59. The highest BCUT2D eigenvalue weighted by atomic mass is 16.4. The minimum Gasteiger partial charge on any atom is -0.481 e. The van der Waals surface area contributed by atoms with E-state index in [9.17, 15) is 14.7 Å². The molecule has 0 aromatic carbocycles. The third kappa shape index (κ3) is 4.04. The highest BCUT2D eigenvalue weighted by Crippen LogP contribution is 2.29. The highest BCUT2D eigenvalue weighted by molar-refractivity contribution is 5.78. The van der Waals surface area contributed by atoms with Crippen molar-refractivity contribution in [2.75, 3.05) is 13.1 Å². The van der Waals surface area contributed by atoms with Crippen molar-refractivity contribution in [1.82, 2.24) is 14.5 Å². The first-order chi connectivity index (χ1) is 12.2. The van der Waals surface area contributed by atoms with E-state index < -0.39 is 17.5 Å². The maximum absolute atomic E-state index is 12.6. The Balaban J connectivity index is 1.65. The molecule has 3 rings (SSSR count). The highest BCUT2D eigenvalue weighted by Gasteiger charge is 2.36. The van der Waals surface area contributed by atoms with Gasteiger partial charge >= 0.3 is 5.97 Å². The quantitative estimate of drug-likeness (QED) is 0.817. The van der Waals surface area contributed by atoms with Gasteiger partial charge in [-0.25, -0.2) is 4.52 Å². The van der Waals surface area contributed by atoms with Crippen molar-refractivity contribution in [1.29, 1.82) is 0 Å². The molecule has 2 N–H and O–H groups in total. The van der Waals surface area contributed by atoms with Gasteiger partial charge in [-0.3, -0.25) is 9.59 Å². The van der Waals surface area contributed by atoms with Crippen LogP contribution in [0.4, 0.5) is 0 Å². The van der Waals surface area contributed by atoms with Crippen LogP contribution in [-0.4, -0.2) is 55.8 Å². The second-order valence-corrected chi connectivity index (χ2v) is 7.94. The number of carbonyl (C=O) groups excluding carboxylic acids is 1. The molecular formula is C19H25N3O4. The van der Waals surface area contributed by atoms with Crippen molar-refractivity contribution >= 4 is 17.4 Å². The molecule has 26 heavy (non-hydrogen) atoms. The number of aliphatic carboxylic acids is 1. The zero-order valence-electron chi connectivity index (χ0n) is 15.1. The second-order valence-electron chi connectivity index (χ2n) is 7.94. The number of aliphatic hydroxyl groups is 1. The second kappa shape index (κ2) is 7.07. The summed E-state index contributed by atoms with van der Waals surface area (Å²) in [6, 6.07) is 5.88. The monoisotopic (exact) mass is 359 g/mol. The molecule has 1 fully saturated rings. The van der Waals surface area contributed by atoms with Crippen molar-refractivity contribution < 1.29 is 19.8 Å². The van der Waals surface area contributed by atoms with Crippen molar-refractivity contribution in [3.8, 4) is 0 Å². The number of fused-ring (bicyclic) bond motifs is 1. The van der Waals surface area contributed by atoms with Crippen molar-refractivity contribution in [2.45, 2.75) is 39.2 Å². The van der Waals surface area contributed by atoms with Gasteiger partial charge in [0.1, 0.15) is 0 Å². The van der Waals surface area contributed by atoms with Gasteiger partial charge in [-0.15, -0.1) is 0 Å². The molecule has 7 heteroatoms. The van der Waals surface area contributed by atoms with E-state index in [0.717, 1.165) is 11.1 Å². The fraction of sp³-hybridized carbons (Fsp3) is 0.526. The first kappa shape index (κ1) is 18.4. The number of nitrogens with zero attached hydrogens (tertiary/aromatic N) is 3. The Labute approximate surface area is 152 Å². The molecular weight excluding hydrogens is 334 g/mol. The summed E-state index contributed by atoms with van der Waals surface area (Å²) in [5, 5.41) is 23.6. The number of hydrogen-bond acceptors (Lipinski definition) is 4. The Kier molecular flexibility index (Phi) is 5.00. The third-order valence-electron chi connectivity index (χ3n) is 5.02. The Morgan fingerprint density at radius 2 is 2.04 bits per heavy atom. The van der Waals surface area contributed by atoms with Gasteiger partial charge in [0.2, 0.25) is 5.91 Å². The smallest absolute Gasteiger partial charge is 0.303 e. The maximum atomic E-state index is 12.6. The number of carboxylic acid groups (broad SMARTS) is 1. The molecule has 140 valence electrons. The summed E-state index contributed by atoms with van der Waals surface area (Å²) >= 11 is 0. The Hall–Kier alpha value is -2.41. The average Bonchev–Trinajstić information content (AvgIpc) is 3.13. The number of carbonyl (C=O) groups is 2. The number of hydrogen-bond donors (Lipinski definition) is 2. The van der Waals surface area contributed by atoms with Crippen LogP contribution in [0.2, 0.25) is 0 Å². The lowest BCUT2D eigenvalue weighted by Gasteiger charge is -2.25. The molecule has 0 radical (unpaired) electrons. The van der Waals surface area contributed by atoms with Crippen LogP contribution in [-0.2, 0) is 16.0 Å². The topological polar surface area (TPSA) is 95.1 Å². The summed E-state index contributed by atoms with van der Waals surface area (Å²) in [5.74, 6) is -1.04. The summed E-state index contributed by atoms with van der Waals surface area (Å²) in [6.45, 7) is 4.35. The lowest BCUT2D eigenvalue weighted by atomic mass is 9.85. The van der Waals surface area contributed by atoms with Crippen LogP contribution in [0, 0.1) is 11.3 Å². The lowest BCUT2D eigenvalue weighted by Crippen LogP contribution is -2.34. The molecule has 1 aliphatic heterocycles. The van der Waals surface area contributed by atoms with Gasteiger partial charge in [-0.05, 0) is 29.5 Å². The van der Waals surface area contributed by atoms with E-state index in [1.54, 1.807) is 29.5 Å². The molecule has 0 unspecified atom stereocenters. The van der Waals surface area contributed by atoms with E-state index in [2.05, 4.69) is 5.10 Å². The van der Waals surface area contributed by atoms with E-state index in [0.29, 0.717) is 19.5 Å². The molecule has 7 nitrogen and oxygen atoms in total. The normalized spacial score (nSPS) is 20.7.